The van der Waals surface area contributed by atoms with Gasteiger partial charge in [0.25, 0.3) is 0 Å². The van der Waals surface area contributed by atoms with Gasteiger partial charge in [-0.3, -0.25) is 14.5 Å². The van der Waals surface area contributed by atoms with E-state index in [2.05, 4.69) is 10.2 Å². The molecule has 0 fully saturated rings. The fourth-order valence-corrected chi connectivity index (χ4v) is 2.46. The number of carboxylic acid groups (broad SMARTS) is 1. The number of nitrogens with zero attached hydrogens (tertiary/aromatic N) is 1. The summed E-state index contributed by atoms with van der Waals surface area (Å²) in [5.41, 5.74) is 2.98. The predicted octanol–water partition coefficient (Wildman–Crippen LogP) is 3.12. The van der Waals surface area contributed by atoms with Gasteiger partial charge in [0.15, 0.2) is 0 Å². The maximum atomic E-state index is 11.1. The van der Waals surface area contributed by atoms with Gasteiger partial charge in [-0.05, 0) is 23.3 Å². The van der Waals surface area contributed by atoms with E-state index in [-0.39, 0.29) is 12.3 Å². The van der Waals surface area contributed by atoms with Crippen LogP contribution in [0.15, 0.2) is 54.6 Å². The van der Waals surface area contributed by atoms with Crippen molar-refractivity contribution in [2.75, 3.05) is 11.9 Å². The molecule has 0 aliphatic carbocycles. The molecule has 0 saturated heterocycles. The summed E-state index contributed by atoms with van der Waals surface area (Å²) >= 11 is 0. The van der Waals surface area contributed by atoms with Crippen LogP contribution in [0.1, 0.15) is 24.5 Å². The highest BCUT2D eigenvalue weighted by atomic mass is 16.4. The van der Waals surface area contributed by atoms with E-state index in [0.717, 1.165) is 16.8 Å². The monoisotopic (exact) mass is 326 g/mol. The van der Waals surface area contributed by atoms with Gasteiger partial charge in [0.1, 0.15) is 0 Å². The highest BCUT2D eigenvalue weighted by molar-refractivity contribution is 5.88. The van der Waals surface area contributed by atoms with E-state index in [9.17, 15) is 9.59 Å². The zero-order valence-electron chi connectivity index (χ0n) is 13.7. The van der Waals surface area contributed by atoms with Gasteiger partial charge in [0.05, 0.1) is 6.42 Å². The number of carbonyl (C=O) groups excluding carboxylic acids is 1. The molecule has 0 atom stereocenters. The van der Waals surface area contributed by atoms with Crippen LogP contribution in [0.4, 0.5) is 5.69 Å². The molecule has 0 radical (unpaired) electrons. The second-order valence-corrected chi connectivity index (χ2v) is 5.72. The molecule has 5 nitrogen and oxygen atoms in total. The number of hydrogen-bond acceptors (Lipinski definition) is 3. The lowest BCUT2D eigenvalue weighted by atomic mass is 10.1. The molecule has 0 saturated carbocycles. The number of anilines is 1. The first-order valence-corrected chi connectivity index (χ1v) is 7.87. The minimum atomic E-state index is -0.797. The maximum Gasteiger partial charge on any atom is 0.304 e. The second-order valence-electron chi connectivity index (χ2n) is 5.72. The van der Waals surface area contributed by atoms with Crippen molar-refractivity contribution in [3.8, 4) is 0 Å². The summed E-state index contributed by atoms with van der Waals surface area (Å²) in [5.74, 6) is -0.899. The molecule has 0 aliphatic rings. The Bertz CT molecular complexity index is 669. The Morgan fingerprint density at radius 3 is 2.08 bits per heavy atom. The average molecular weight is 326 g/mol. The predicted molar refractivity (Wildman–Crippen MR) is 93.6 cm³/mol. The van der Waals surface area contributed by atoms with Gasteiger partial charge in [-0.2, -0.15) is 0 Å². The molecule has 0 unspecified atom stereocenters. The van der Waals surface area contributed by atoms with Crippen LogP contribution < -0.4 is 5.32 Å². The number of benzene rings is 2. The van der Waals surface area contributed by atoms with E-state index in [1.165, 1.54) is 6.92 Å². The first-order chi connectivity index (χ1) is 11.5. The summed E-state index contributed by atoms with van der Waals surface area (Å²) in [4.78, 5) is 24.1. The lowest BCUT2D eigenvalue weighted by molar-refractivity contribution is -0.137. The van der Waals surface area contributed by atoms with Gasteiger partial charge < -0.3 is 10.4 Å². The molecule has 2 aromatic carbocycles. The summed E-state index contributed by atoms with van der Waals surface area (Å²) in [7, 11) is 0. The molecule has 1 amide bonds. The first kappa shape index (κ1) is 17.7. The smallest absolute Gasteiger partial charge is 0.304 e. The highest BCUT2D eigenvalue weighted by Gasteiger charge is 2.09. The summed E-state index contributed by atoms with van der Waals surface area (Å²) in [6.45, 7) is 3.31. The Morgan fingerprint density at radius 1 is 0.958 bits per heavy atom. The molecule has 5 heteroatoms. The van der Waals surface area contributed by atoms with Crippen LogP contribution in [0, 0.1) is 0 Å². The Kier molecular flexibility index (Phi) is 6.51. The molecule has 0 aliphatic heterocycles. The summed E-state index contributed by atoms with van der Waals surface area (Å²) in [6, 6.07) is 17.6. The van der Waals surface area contributed by atoms with Gasteiger partial charge >= 0.3 is 5.97 Å². The van der Waals surface area contributed by atoms with Crippen LogP contribution in [-0.2, 0) is 22.7 Å². The molecule has 126 valence electrons. The van der Waals surface area contributed by atoms with Crippen LogP contribution in [0.5, 0.6) is 0 Å². The van der Waals surface area contributed by atoms with Gasteiger partial charge in [0.2, 0.25) is 5.91 Å². The molecular weight excluding hydrogens is 304 g/mol. The SMILES string of the molecule is CC(=O)Nc1ccc(CN(CCC(=O)O)Cc2ccccc2)cc1. The van der Waals surface area contributed by atoms with Crippen LogP contribution >= 0.6 is 0 Å². The van der Waals surface area contributed by atoms with Crippen LogP contribution in [-0.4, -0.2) is 28.4 Å². The van der Waals surface area contributed by atoms with Crippen LogP contribution in [0.25, 0.3) is 0 Å². The minimum Gasteiger partial charge on any atom is -0.481 e. The van der Waals surface area contributed by atoms with Crippen LogP contribution in [0.3, 0.4) is 0 Å². The van der Waals surface area contributed by atoms with Gasteiger partial charge in [-0.1, -0.05) is 42.5 Å². The fraction of sp³-hybridized carbons (Fsp3) is 0.263. The number of aliphatic carboxylic acids is 1. The highest BCUT2D eigenvalue weighted by Crippen LogP contribution is 2.14. The molecule has 2 aromatic rings. The molecule has 24 heavy (non-hydrogen) atoms. The third-order valence-electron chi connectivity index (χ3n) is 3.57. The molecule has 2 N–H and O–H groups in total. The molecule has 0 bridgehead atoms. The van der Waals surface area contributed by atoms with Crippen molar-refractivity contribution >= 4 is 17.6 Å². The van der Waals surface area contributed by atoms with Crippen molar-refractivity contribution in [1.29, 1.82) is 0 Å². The first-order valence-electron chi connectivity index (χ1n) is 7.87. The summed E-state index contributed by atoms with van der Waals surface area (Å²) in [5, 5.41) is 11.7. The van der Waals surface area contributed by atoms with Crippen molar-refractivity contribution < 1.29 is 14.7 Å². The number of rotatable bonds is 8. The lowest BCUT2D eigenvalue weighted by Crippen LogP contribution is -2.25. The topological polar surface area (TPSA) is 69.6 Å². The molecule has 0 aromatic heterocycles. The van der Waals surface area contributed by atoms with Crippen LogP contribution in [0.2, 0.25) is 0 Å². The van der Waals surface area contributed by atoms with Gasteiger partial charge in [-0.25, -0.2) is 0 Å². The van der Waals surface area contributed by atoms with E-state index >= 15 is 0 Å². The van der Waals surface area contributed by atoms with Crippen molar-refractivity contribution in [3.05, 3.63) is 65.7 Å². The third kappa shape index (κ3) is 6.22. The summed E-state index contributed by atoms with van der Waals surface area (Å²) in [6.07, 6.45) is 0.108. The van der Waals surface area contributed by atoms with Gasteiger partial charge in [0, 0.05) is 32.2 Å². The van der Waals surface area contributed by atoms with Gasteiger partial charge in [-0.15, -0.1) is 0 Å². The maximum absolute atomic E-state index is 11.1. The Balaban J connectivity index is 2.03. The average Bonchev–Trinajstić information content (AvgIpc) is 2.55. The lowest BCUT2D eigenvalue weighted by Gasteiger charge is -2.22. The van der Waals surface area contributed by atoms with Crippen molar-refractivity contribution in [2.45, 2.75) is 26.4 Å². The fourth-order valence-electron chi connectivity index (χ4n) is 2.46. The Hall–Kier alpha value is -2.66. The Labute approximate surface area is 141 Å². The van der Waals surface area contributed by atoms with E-state index in [1.807, 2.05) is 54.6 Å². The molecule has 0 heterocycles. The number of nitrogens with one attached hydrogen (secondary N) is 1. The van der Waals surface area contributed by atoms with Crippen molar-refractivity contribution in [3.63, 3.8) is 0 Å². The van der Waals surface area contributed by atoms with Crippen molar-refractivity contribution in [1.82, 2.24) is 4.90 Å². The number of amides is 1. The normalized spacial score (nSPS) is 10.6. The van der Waals surface area contributed by atoms with E-state index < -0.39 is 5.97 Å². The zero-order valence-corrected chi connectivity index (χ0v) is 13.7. The summed E-state index contributed by atoms with van der Waals surface area (Å²) < 4.78 is 0. The third-order valence-corrected chi connectivity index (χ3v) is 3.57. The minimum absolute atomic E-state index is 0.102. The standard InChI is InChI=1S/C19H22N2O3/c1-15(22)20-18-9-7-17(8-10-18)14-21(12-11-19(23)24)13-16-5-3-2-4-6-16/h2-10H,11-14H2,1H3,(H,20,22)(H,23,24). The molecular formula is C19H22N2O3. The molecule has 0 spiro atoms. The van der Waals surface area contributed by atoms with E-state index in [0.29, 0.717) is 19.6 Å². The quantitative estimate of drug-likeness (QED) is 0.782. The van der Waals surface area contributed by atoms with E-state index in [1.54, 1.807) is 0 Å². The number of carbonyl (C=O) groups is 2. The second kappa shape index (κ2) is 8.84. The number of hydrogen-bond donors (Lipinski definition) is 2. The van der Waals surface area contributed by atoms with E-state index in [4.69, 9.17) is 5.11 Å². The van der Waals surface area contributed by atoms with Crippen molar-refractivity contribution in [2.24, 2.45) is 0 Å². The largest absolute Gasteiger partial charge is 0.481 e. The Morgan fingerprint density at radius 2 is 1.54 bits per heavy atom. The molecule has 2 rings (SSSR count). The number of carboxylic acids is 1. The zero-order chi connectivity index (χ0) is 17.4.